The molecule has 2 aliphatic rings. The van der Waals surface area contributed by atoms with Gasteiger partial charge in [-0.1, -0.05) is 48.5 Å². The van der Waals surface area contributed by atoms with Gasteiger partial charge in [-0.2, -0.15) is 0 Å². The molecule has 0 amide bonds. The second kappa shape index (κ2) is 9.04. The Hall–Kier alpha value is -3.90. The first-order valence-electron chi connectivity index (χ1n) is 12.1. The molecule has 1 fully saturated rings. The van der Waals surface area contributed by atoms with Crippen LogP contribution in [0.4, 0.5) is 11.6 Å². The van der Waals surface area contributed by atoms with E-state index in [-0.39, 0.29) is 5.56 Å². The molecule has 6 rings (SSSR count). The minimum absolute atomic E-state index is 0.0516. The van der Waals surface area contributed by atoms with Crippen molar-refractivity contribution in [3.63, 3.8) is 0 Å². The molecule has 0 unspecified atom stereocenters. The summed E-state index contributed by atoms with van der Waals surface area (Å²) in [5, 5.41) is 0. The van der Waals surface area contributed by atoms with Crippen LogP contribution < -0.4 is 15.2 Å². The highest BCUT2D eigenvalue weighted by Gasteiger charge is 2.36. The third-order valence-corrected chi connectivity index (χ3v) is 6.75. The lowest BCUT2D eigenvalue weighted by Crippen LogP contribution is -2.48. The van der Waals surface area contributed by atoms with Gasteiger partial charge in [-0.3, -0.25) is 19.2 Å². The molecule has 0 radical (unpaired) electrons. The standard InChI is InChI=1S/C29H28N4O2/c1-21-27(18-22-8-4-2-5-9-22)28(34)33-20-31(23-12-13-23)19-32(29(33)30-21)24-14-16-26(17-15-24)35-25-10-6-3-7-11-25/h2-11,14-17,23H,12-13,18-20H2,1H3. The molecule has 0 atom stereocenters. The van der Waals surface area contributed by atoms with Gasteiger partial charge in [-0.25, -0.2) is 4.98 Å². The average molecular weight is 465 g/mol. The predicted molar refractivity (Wildman–Crippen MR) is 137 cm³/mol. The molecule has 6 heteroatoms. The summed E-state index contributed by atoms with van der Waals surface area (Å²) in [6.45, 7) is 3.25. The molecular formula is C29H28N4O2. The lowest BCUT2D eigenvalue weighted by Gasteiger charge is -2.38. The molecule has 0 N–H and O–H groups in total. The Kier molecular flexibility index (Phi) is 5.58. The number of aromatic nitrogens is 2. The third kappa shape index (κ3) is 4.45. The number of ether oxygens (including phenoxy) is 1. The van der Waals surface area contributed by atoms with E-state index in [9.17, 15) is 4.79 Å². The quantitative estimate of drug-likeness (QED) is 0.379. The van der Waals surface area contributed by atoms with Gasteiger partial charge < -0.3 is 4.74 Å². The molecule has 1 aliphatic carbocycles. The van der Waals surface area contributed by atoms with Crippen LogP contribution in [-0.2, 0) is 13.1 Å². The van der Waals surface area contributed by atoms with Gasteiger partial charge in [0.1, 0.15) is 11.5 Å². The summed E-state index contributed by atoms with van der Waals surface area (Å²) in [7, 11) is 0. The number of hydrogen-bond donors (Lipinski definition) is 0. The largest absolute Gasteiger partial charge is 0.457 e. The molecule has 4 aromatic rings. The van der Waals surface area contributed by atoms with Gasteiger partial charge in [-0.05, 0) is 61.7 Å². The van der Waals surface area contributed by atoms with E-state index in [1.165, 1.54) is 12.8 Å². The summed E-state index contributed by atoms with van der Waals surface area (Å²) >= 11 is 0. The zero-order valence-corrected chi connectivity index (χ0v) is 19.8. The molecule has 0 saturated heterocycles. The van der Waals surface area contributed by atoms with Crippen molar-refractivity contribution in [3.05, 3.63) is 112 Å². The van der Waals surface area contributed by atoms with E-state index < -0.39 is 0 Å². The van der Waals surface area contributed by atoms with Crippen molar-refractivity contribution < 1.29 is 4.74 Å². The first-order valence-corrected chi connectivity index (χ1v) is 12.1. The number of rotatable bonds is 6. The molecule has 0 bridgehead atoms. The highest BCUT2D eigenvalue weighted by Crippen LogP contribution is 2.35. The normalized spacial score (nSPS) is 15.6. The van der Waals surface area contributed by atoms with E-state index in [1.54, 1.807) is 0 Å². The van der Waals surface area contributed by atoms with Crippen LogP contribution in [0, 0.1) is 6.92 Å². The van der Waals surface area contributed by atoms with Crippen LogP contribution in [-0.4, -0.2) is 27.2 Å². The predicted octanol–water partition coefficient (Wildman–Crippen LogP) is 5.47. The van der Waals surface area contributed by atoms with Crippen molar-refractivity contribution in [1.82, 2.24) is 14.5 Å². The van der Waals surface area contributed by atoms with Crippen LogP contribution in [0.5, 0.6) is 11.5 Å². The number of nitrogens with zero attached hydrogens (tertiary/aromatic N) is 4. The van der Waals surface area contributed by atoms with Crippen LogP contribution >= 0.6 is 0 Å². The van der Waals surface area contributed by atoms with Crippen LogP contribution in [0.3, 0.4) is 0 Å². The lowest BCUT2D eigenvalue weighted by molar-refractivity contribution is 0.188. The van der Waals surface area contributed by atoms with Crippen molar-refractivity contribution in [1.29, 1.82) is 0 Å². The maximum atomic E-state index is 13.7. The van der Waals surface area contributed by atoms with Crippen LogP contribution in [0.1, 0.15) is 29.7 Å². The van der Waals surface area contributed by atoms with Gasteiger partial charge in [-0.15, -0.1) is 0 Å². The van der Waals surface area contributed by atoms with Crippen molar-refractivity contribution >= 4 is 11.6 Å². The van der Waals surface area contributed by atoms with E-state index in [4.69, 9.17) is 9.72 Å². The first-order chi connectivity index (χ1) is 17.2. The minimum Gasteiger partial charge on any atom is -0.457 e. The Morgan fingerprint density at radius 3 is 2.20 bits per heavy atom. The molecule has 176 valence electrons. The average Bonchev–Trinajstić information content (AvgIpc) is 3.74. The first kappa shape index (κ1) is 21.6. The smallest absolute Gasteiger partial charge is 0.259 e. The molecule has 3 aromatic carbocycles. The Morgan fingerprint density at radius 2 is 1.51 bits per heavy atom. The number of benzene rings is 3. The Bertz CT molecular complexity index is 1380. The van der Waals surface area contributed by atoms with Crippen LogP contribution in [0.15, 0.2) is 89.7 Å². The van der Waals surface area contributed by atoms with Gasteiger partial charge >= 0.3 is 0 Å². The SMILES string of the molecule is Cc1nc2n(c(=O)c1Cc1ccccc1)CN(C1CC1)CN2c1ccc(Oc2ccccc2)cc1. The molecule has 6 nitrogen and oxygen atoms in total. The fourth-order valence-corrected chi connectivity index (χ4v) is 4.68. The zero-order valence-electron chi connectivity index (χ0n) is 19.8. The summed E-state index contributed by atoms with van der Waals surface area (Å²) in [6, 6.07) is 28.4. The second-order valence-corrected chi connectivity index (χ2v) is 9.31. The highest BCUT2D eigenvalue weighted by atomic mass is 16.5. The monoisotopic (exact) mass is 464 g/mol. The van der Waals surface area contributed by atoms with Gasteiger partial charge in [0.2, 0.25) is 5.95 Å². The Labute approximate surface area is 205 Å². The maximum absolute atomic E-state index is 13.7. The summed E-state index contributed by atoms with van der Waals surface area (Å²) in [5.74, 6) is 2.28. The Balaban J connectivity index is 1.35. The molecule has 2 heterocycles. The highest BCUT2D eigenvalue weighted by molar-refractivity contribution is 5.60. The molecule has 1 aliphatic heterocycles. The summed E-state index contributed by atoms with van der Waals surface area (Å²) in [6.07, 6.45) is 2.95. The molecule has 1 saturated carbocycles. The third-order valence-electron chi connectivity index (χ3n) is 6.75. The van der Waals surface area contributed by atoms with Crippen molar-refractivity contribution in [3.8, 4) is 11.5 Å². The van der Waals surface area contributed by atoms with Crippen LogP contribution in [0.2, 0.25) is 0 Å². The topological polar surface area (TPSA) is 50.6 Å². The van der Waals surface area contributed by atoms with Gasteiger partial charge in [0, 0.05) is 23.7 Å². The van der Waals surface area contributed by atoms with Crippen molar-refractivity contribution in [2.75, 3.05) is 11.6 Å². The molecule has 35 heavy (non-hydrogen) atoms. The zero-order chi connectivity index (χ0) is 23.8. The molecule has 0 spiro atoms. The Morgan fingerprint density at radius 1 is 0.857 bits per heavy atom. The molecular weight excluding hydrogens is 436 g/mol. The lowest BCUT2D eigenvalue weighted by atomic mass is 10.1. The van der Waals surface area contributed by atoms with E-state index in [0.29, 0.717) is 31.7 Å². The minimum atomic E-state index is 0.0516. The van der Waals surface area contributed by atoms with Gasteiger partial charge in [0.25, 0.3) is 5.56 Å². The van der Waals surface area contributed by atoms with Crippen LogP contribution in [0.25, 0.3) is 0 Å². The van der Waals surface area contributed by atoms with E-state index in [1.807, 2.05) is 84.3 Å². The van der Waals surface area contributed by atoms with Gasteiger partial charge in [0.15, 0.2) is 0 Å². The maximum Gasteiger partial charge on any atom is 0.259 e. The number of aryl methyl sites for hydroxylation is 1. The summed E-state index contributed by atoms with van der Waals surface area (Å²) in [4.78, 5) is 23.2. The summed E-state index contributed by atoms with van der Waals surface area (Å²) in [5.41, 5.74) is 3.72. The summed E-state index contributed by atoms with van der Waals surface area (Å²) < 4.78 is 7.82. The van der Waals surface area contributed by atoms with Gasteiger partial charge in [0.05, 0.1) is 19.0 Å². The number of para-hydroxylation sites is 1. The number of fused-ring (bicyclic) bond motifs is 1. The van der Waals surface area contributed by atoms with Crippen molar-refractivity contribution in [2.24, 2.45) is 0 Å². The molecule has 1 aromatic heterocycles. The number of anilines is 2. The second-order valence-electron chi connectivity index (χ2n) is 9.31. The van der Waals surface area contributed by atoms with E-state index in [2.05, 4.69) is 21.9 Å². The van der Waals surface area contributed by atoms with E-state index >= 15 is 0 Å². The number of hydrogen-bond acceptors (Lipinski definition) is 5. The van der Waals surface area contributed by atoms with E-state index in [0.717, 1.165) is 34.0 Å². The van der Waals surface area contributed by atoms with Crippen molar-refractivity contribution in [2.45, 2.75) is 38.9 Å². The fraction of sp³-hybridized carbons (Fsp3) is 0.241. The fourth-order valence-electron chi connectivity index (χ4n) is 4.68.